The smallest absolute Gasteiger partial charge is 0.311 e. The van der Waals surface area contributed by atoms with Gasteiger partial charge in [-0.1, -0.05) is 11.6 Å². The lowest BCUT2D eigenvalue weighted by atomic mass is 10.3. The summed E-state index contributed by atoms with van der Waals surface area (Å²) in [7, 11) is 0. The van der Waals surface area contributed by atoms with Gasteiger partial charge in [-0.25, -0.2) is 9.97 Å². The molecule has 74 valence electrons. The summed E-state index contributed by atoms with van der Waals surface area (Å²) in [4.78, 5) is 18.5. The number of nitrogens with zero attached hydrogens (tertiary/aromatic N) is 2. The van der Waals surface area contributed by atoms with E-state index in [1.54, 1.807) is 6.07 Å². The molecular formula is C9H9ClN2O2. The predicted octanol–water partition coefficient (Wildman–Crippen LogP) is 1.63. The largest absolute Gasteiger partial charge is 0.481 e. The molecule has 1 saturated carbocycles. The summed E-state index contributed by atoms with van der Waals surface area (Å²) < 4.78 is 0. The molecule has 1 aliphatic rings. The normalized spacial score (nSPS) is 15.5. The number of hydrogen-bond acceptors (Lipinski definition) is 3. The van der Waals surface area contributed by atoms with Crippen LogP contribution >= 0.6 is 11.6 Å². The summed E-state index contributed by atoms with van der Waals surface area (Å²) in [6.07, 6.45) is 2.06. The van der Waals surface area contributed by atoms with Gasteiger partial charge in [0.2, 0.25) is 0 Å². The summed E-state index contributed by atoms with van der Waals surface area (Å²) in [5.41, 5.74) is 0.876. The van der Waals surface area contributed by atoms with Crippen LogP contribution in [0, 0.1) is 0 Å². The van der Waals surface area contributed by atoms with E-state index in [1.165, 1.54) is 0 Å². The first kappa shape index (κ1) is 9.40. The van der Waals surface area contributed by atoms with Crippen LogP contribution in [0.25, 0.3) is 0 Å². The number of halogens is 1. The zero-order valence-corrected chi connectivity index (χ0v) is 8.16. The van der Waals surface area contributed by atoms with Crippen molar-refractivity contribution < 1.29 is 9.90 Å². The van der Waals surface area contributed by atoms with Crippen LogP contribution in [0.1, 0.15) is 30.3 Å². The van der Waals surface area contributed by atoms with E-state index in [2.05, 4.69) is 9.97 Å². The van der Waals surface area contributed by atoms with Crippen LogP contribution in [0.5, 0.6) is 0 Å². The molecule has 1 aromatic heterocycles. The Kier molecular flexibility index (Phi) is 2.37. The van der Waals surface area contributed by atoms with E-state index in [-0.39, 0.29) is 6.42 Å². The summed E-state index contributed by atoms with van der Waals surface area (Å²) in [5, 5.41) is 8.91. The molecule has 5 heteroatoms. The summed E-state index contributed by atoms with van der Waals surface area (Å²) in [6.45, 7) is 0. The lowest BCUT2D eigenvalue weighted by Gasteiger charge is -2.01. The van der Waals surface area contributed by atoms with Crippen LogP contribution in [0.2, 0.25) is 5.15 Å². The van der Waals surface area contributed by atoms with Gasteiger partial charge in [-0.15, -0.1) is 0 Å². The molecule has 0 saturated heterocycles. The second kappa shape index (κ2) is 3.53. The molecule has 0 radical (unpaired) electrons. The number of carboxylic acids is 1. The van der Waals surface area contributed by atoms with E-state index >= 15 is 0 Å². The van der Waals surface area contributed by atoms with Crippen LogP contribution in [0.3, 0.4) is 0 Å². The molecule has 0 aromatic carbocycles. The molecule has 1 fully saturated rings. The maximum Gasteiger partial charge on any atom is 0.311 e. The van der Waals surface area contributed by atoms with E-state index in [0.717, 1.165) is 18.5 Å². The topological polar surface area (TPSA) is 63.1 Å². The van der Waals surface area contributed by atoms with Gasteiger partial charge in [-0.3, -0.25) is 4.79 Å². The molecule has 0 unspecified atom stereocenters. The molecule has 1 heterocycles. The van der Waals surface area contributed by atoms with E-state index in [1.807, 2.05) is 0 Å². The number of carbonyl (C=O) groups is 1. The lowest BCUT2D eigenvalue weighted by molar-refractivity contribution is -0.136. The fourth-order valence-electron chi connectivity index (χ4n) is 1.29. The van der Waals surface area contributed by atoms with Gasteiger partial charge in [0, 0.05) is 11.6 Å². The van der Waals surface area contributed by atoms with Gasteiger partial charge in [-0.2, -0.15) is 0 Å². The standard InChI is InChI=1S/C9H9ClN2O2/c10-7-3-6(5-1-2-5)11-8(12-7)4-9(13)14/h3,5H,1-2,4H2,(H,13,14). The Morgan fingerprint density at radius 3 is 2.86 bits per heavy atom. The average Bonchev–Trinajstić information content (AvgIpc) is 2.82. The molecule has 0 bridgehead atoms. The Labute approximate surface area is 85.9 Å². The molecule has 0 spiro atoms. The zero-order valence-electron chi connectivity index (χ0n) is 7.40. The first-order valence-electron chi connectivity index (χ1n) is 4.40. The SMILES string of the molecule is O=C(O)Cc1nc(Cl)cc(C2CC2)n1. The first-order chi connectivity index (χ1) is 6.65. The van der Waals surface area contributed by atoms with Crippen molar-refractivity contribution in [1.29, 1.82) is 0 Å². The highest BCUT2D eigenvalue weighted by molar-refractivity contribution is 6.29. The molecule has 1 aromatic rings. The van der Waals surface area contributed by atoms with E-state index in [9.17, 15) is 4.79 Å². The van der Waals surface area contributed by atoms with Gasteiger partial charge in [0.15, 0.2) is 0 Å². The van der Waals surface area contributed by atoms with Crippen LogP contribution in [0.4, 0.5) is 0 Å². The van der Waals surface area contributed by atoms with Gasteiger partial charge in [0.05, 0.1) is 0 Å². The van der Waals surface area contributed by atoms with Crippen LogP contribution in [-0.2, 0) is 11.2 Å². The molecular weight excluding hydrogens is 204 g/mol. The third-order valence-corrected chi connectivity index (χ3v) is 2.26. The summed E-state index contributed by atoms with van der Waals surface area (Å²) >= 11 is 5.76. The van der Waals surface area contributed by atoms with E-state index < -0.39 is 5.97 Å². The maximum atomic E-state index is 10.5. The van der Waals surface area contributed by atoms with Crippen LogP contribution < -0.4 is 0 Å². The van der Waals surface area contributed by atoms with Gasteiger partial charge in [0.1, 0.15) is 17.4 Å². The maximum absolute atomic E-state index is 10.5. The molecule has 0 atom stereocenters. The highest BCUT2D eigenvalue weighted by Gasteiger charge is 2.26. The fraction of sp³-hybridized carbons (Fsp3) is 0.444. The minimum absolute atomic E-state index is 0.166. The van der Waals surface area contributed by atoms with Crippen molar-refractivity contribution in [2.24, 2.45) is 0 Å². The van der Waals surface area contributed by atoms with E-state index in [0.29, 0.717) is 16.9 Å². The Bertz CT molecular complexity index is 377. The number of aromatic nitrogens is 2. The van der Waals surface area contributed by atoms with E-state index in [4.69, 9.17) is 16.7 Å². The average molecular weight is 213 g/mol. The molecule has 1 N–H and O–H groups in total. The van der Waals surface area contributed by atoms with Crippen molar-refractivity contribution in [2.45, 2.75) is 25.2 Å². The minimum Gasteiger partial charge on any atom is -0.481 e. The zero-order chi connectivity index (χ0) is 10.1. The second-order valence-corrected chi connectivity index (χ2v) is 3.76. The van der Waals surface area contributed by atoms with Crippen molar-refractivity contribution in [2.75, 3.05) is 0 Å². The van der Waals surface area contributed by atoms with Crippen LogP contribution in [0.15, 0.2) is 6.07 Å². The Morgan fingerprint density at radius 1 is 1.57 bits per heavy atom. The molecule has 2 rings (SSSR count). The number of rotatable bonds is 3. The number of carboxylic acid groups (broad SMARTS) is 1. The molecule has 14 heavy (non-hydrogen) atoms. The Hall–Kier alpha value is -1.16. The highest BCUT2D eigenvalue weighted by atomic mass is 35.5. The first-order valence-corrected chi connectivity index (χ1v) is 4.78. The van der Waals surface area contributed by atoms with Gasteiger partial charge >= 0.3 is 5.97 Å². The van der Waals surface area contributed by atoms with Crippen molar-refractivity contribution in [3.05, 3.63) is 22.7 Å². The van der Waals surface area contributed by atoms with Crippen molar-refractivity contribution >= 4 is 17.6 Å². The highest BCUT2D eigenvalue weighted by Crippen LogP contribution is 2.39. The molecule has 0 amide bonds. The number of aliphatic carboxylic acids is 1. The van der Waals surface area contributed by atoms with Crippen LogP contribution in [-0.4, -0.2) is 21.0 Å². The minimum atomic E-state index is -0.936. The van der Waals surface area contributed by atoms with Gasteiger partial charge < -0.3 is 5.11 Å². The lowest BCUT2D eigenvalue weighted by Crippen LogP contribution is -2.06. The van der Waals surface area contributed by atoms with Gasteiger partial charge in [-0.05, 0) is 18.9 Å². The summed E-state index contributed by atoms with van der Waals surface area (Å²) in [6, 6.07) is 1.71. The van der Waals surface area contributed by atoms with Crippen molar-refractivity contribution in [3.8, 4) is 0 Å². The van der Waals surface area contributed by atoms with Crippen molar-refractivity contribution in [3.63, 3.8) is 0 Å². The predicted molar refractivity (Wildman–Crippen MR) is 50.4 cm³/mol. The molecule has 4 nitrogen and oxygen atoms in total. The summed E-state index contributed by atoms with van der Waals surface area (Å²) in [5.74, 6) is -0.177. The quantitative estimate of drug-likeness (QED) is 0.774. The fourth-order valence-corrected chi connectivity index (χ4v) is 1.50. The second-order valence-electron chi connectivity index (χ2n) is 3.38. The molecule has 0 aliphatic heterocycles. The molecule has 1 aliphatic carbocycles. The monoisotopic (exact) mass is 212 g/mol. The van der Waals surface area contributed by atoms with Gasteiger partial charge in [0.25, 0.3) is 0 Å². The number of hydrogen-bond donors (Lipinski definition) is 1. The van der Waals surface area contributed by atoms with Crippen molar-refractivity contribution in [1.82, 2.24) is 9.97 Å². The Balaban J connectivity index is 2.26. The third kappa shape index (κ3) is 2.20. The Morgan fingerprint density at radius 2 is 2.29 bits per heavy atom. The third-order valence-electron chi connectivity index (χ3n) is 2.07.